The third-order valence-corrected chi connectivity index (χ3v) is 4.34. The number of rotatable bonds is 5. The number of benzene rings is 1. The Morgan fingerprint density at radius 2 is 1.85 bits per heavy atom. The van der Waals surface area contributed by atoms with Crippen molar-refractivity contribution in [3.63, 3.8) is 0 Å². The third kappa shape index (κ3) is 4.98. The van der Waals surface area contributed by atoms with Gasteiger partial charge in [0.05, 0.1) is 10.7 Å². The molecule has 0 unspecified atom stereocenters. The van der Waals surface area contributed by atoms with Gasteiger partial charge in [-0.15, -0.1) is 0 Å². The predicted octanol–water partition coefficient (Wildman–Crippen LogP) is 3.39. The lowest BCUT2D eigenvalue weighted by atomic mass is 10.2. The minimum atomic E-state index is -4.99. The first-order chi connectivity index (χ1) is 15.4. The van der Waals surface area contributed by atoms with Gasteiger partial charge in [0.2, 0.25) is 0 Å². The number of carbonyl (C=O) groups excluding carboxylic acids is 1. The lowest BCUT2D eigenvalue weighted by Crippen LogP contribution is -2.41. The van der Waals surface area contributed by atoms with Crippen LogP contribution in [0, 0.1) is 5.82 Å². The minimum absolute atomic E-state index is 0.155. The van der Waals surface area contributed by atoms with Gasteiger partial charge in [-0.1, -0.05) is 11.6 Å². The lowest BCUT2D eigenvalue weighted by Gasteiger charge is -2.16. The van der Waals surface area contributed by atoms with E-state index in [0.717, 1.165) is 20.0 Å². The van der Waals surface area contributed by atoms with Crippen LogP contribution in [0.3, 0.4) is 0 Å². The zero-order chi connectivity index (χ0) is 24.5. The van der Waals surface area contributed by atoms with Crippen LogP contribution in [0.15, 0.2) is 46.1 Å². The van der Waals surface area contributed by atoms with Gasteiger partial charge in [0.25, 0.3) is 5.56 Å². The van der Waals surface area contributed by atoms with Crippen molar-refractivity contribution in [2.24, 2.45) is 7.05 Å². The van der Waals surface area contributed by atoms with Crippen molar-refractivity contribution >= 4 is 17.6 Å². The average Bonchev–Trinajstić information content (AvgIpc) is 2.72. The highest BCUT2D eigenvalue weighted by Gasteiger charge is 2.35. The second-order valence-electron chi connectivity index (χ2n) is 6.34. The summed E-state index contributed by atoms with van der Waals surface area (Å²) in [5.41, 5.74) is -5.12. The van der Waals surface area contributed by atoms with Crippen LogP contribution in [-0.4, -0.2) is 20.1 Å². The topological polar surface area (TPSA) is 102 Å². The first-order valence-corrected chi connectivity index (χ1v) is 9.15. The van der Waals surface area contributed by atoms with Crippen LogP contribution in [0.1, 0.15) is 12.6 Å². The Bertz CT molecular complexity index is 1350. The van der Waals surface area contributed by atoms with Gasteiger partial charge in [0.1, 0.15) is 17.3 Å². The summed E-state index contributed by atoms with van der Waals surface area (Å²) in [6, 6.07) is 4.40. The summed E-state index contributed by atoms with van der Waals surface area (Å²) < 4.78 is 59.6. The standard InChI is InChI=1S/C19H12ClF4N3O6/c1-9(28)32-33-17-13(4-3-5-25-17)31-14-7-12(11(21)6-10(14)20)27-16(29)8-15(19(22,23)24)26(2)18(27)30/h3-8H,1-2H3. The van der Waals surface area contributed by atoms with E-state index < -0.39 is 40.6 Å². The van der Waals surface area contributed by atoms with Crippen LogP contribution in [0.2, 0.25) is 5.02 Å². The molecule has 3 rings (SSSR count). The fraction of sp³-hybridized carbons (Fsp3) is 0.158. The Hall–Kier alpha value is -3.87. The zero-order valence-corrected chi connectivity index (χ0v) is 17.4. The van der Waals surface area contributed by atoms with Gasteiger partial charge in [0.15, 0.2) is 5.75 Å². The van der Waals surface area contributed by atoms with Crippen LogP contribution >= 0.6 is 11.6 Å². The van der Waals surface area contributed by atoms with Gasteiger partial charge in [-0.05, 0) is 18.2 Å². The molecule has 9 nitrogen and oxygen atoms in total. The van der Waals surface area contributed by atoms with Gasteiger partial charge in [-0.3, -0.25) is 14.2 Å². The van der Waals surface area contributed by atoms with E-state index in [4.69, 9.17) is 21.2 Å². The average molecular weight is 490 g/mol. The Labute approximate surface area is 186 Å². The number of carbonyl (C=O) groups is 1. The Morgan fingerprint density at radius 1 is 1.15 bits per heavy atom. The maximum absolute atomic E-state index is 14.6. The van der Waals surface area contributed by atoms with E-state index in [1.165, 1.54) is 18.3 Å². The van der Waals surface area contributed by atoms with Crippen LogP contribution in [0.4, 0.5) is 17.6 Å². The molecule has 2 aromatic heterocycles. The third-order valence-electron chi connectivity index (χ3n) is 4.05. The van der Waals surface area contributed by atoms with Gasteiger partial charge in [0, 0.05) is 32.3 Å². The molecule has 0 aliphatic heterocycles. The molecule has 3 aromatic rings. The summed E-state index contributed by atoms with van der Waals surface area (Å²) in [6.07, 6.45) is -3.72. The lowest BCUT2D eigenvalue weighted by molar-refractivity contribution is -0.212. The smallest absolute Gasteiger partial charge is 0.431 e. The molecule has 0 aliphatic rings. The molecule has 33 heavy (non-hydrogen) atoms. The maximum atomic E-state index is 14.6. The fourth-order valence-corrected chi connectivity index (χ4v) is 2.81. The van der Waals surface area contributed by atoms with Crippen molar-refractivity contribution in [1.82, 2.24) is 14.1 Å². The molecule has 1 aromatic carbocycles. The molecular formula is C19H12ClF4N3O6. The summed E-state index contributed by atoms with van der Waals surface area (Å²) in [4.78, 5) is 48.6. The van der Waals surface area contributed by atoms with E-state index in [9.17, 15) is 31.9 Å². The van der Waals surface area contributed by atoms with Gasteiger partial charge >= 0.3 is 23.7 Å². The van der Waals surface area contributed by atoms with Crippen LogP contribution < -0.4 is 20.9 Å². The normalized spacial score (nSPS) is 11.2. The van der Waals surface area contributed by atoms with Gasteiger partial charge in [-0.25, -0.2) is 28.4 Å². The second kappa shape index (κ2) is 8.94. The molecule has 0 radical (unpaired) electrons. The number of ether oxygens (including phenoxy) is 1. The van der Waals surface area contributed by atoms with Gasteiger partial charge < -0.3 is 4.74 Å². The van der Waals surface area contributed by atoms with Crippen molar-refractivity contribution in [3.8, 4) is 23.1 Å². The molecule has 0 fully saturated rings. The monoisotopic (exact) mass is 489 g/mol. The molecule has 0 saturated heterocycles. The maximum Gasteiger partial charge on any atom is 0.431 e. The molecule has 174 valence electrons. The highest BCUT2D eigenvalue weighted by molar-refractivity contribution is 6.32. The number of aromatic nitrogens is 3. The number of halogens is 5. The van der Waals surface area contributed by atoms with Gasteiger partial charge in [-0.2, -0.15) is 13.2 Å². The van der Waals surface area contributed by atoms with E-state index in [1.807, 2.05) is 0 Å². The summed E-state index contributed by atoms with van der Waals surface area (Å²) in [5.74, 6) is -2.79. The highest BCUT2D eigenvalue weighted by atomic mass is 35.5. The van der Waals surface area contributed by atoms with Crippen molar-refractivity contribution < 1.29 is 36.9 Å². The molecule has 2 heterocycles. The van der Waals surface area contributed by atoms with E-state index in [-0.39, 0.29) is 37.6 Å². The van der Waals surface area contributed by atoms with E-state index in [2.05, 4.69) is 9.87 Å². The molecule has 0 saturated carbocycles. The highest BCUT2D eigenvalue weighted by Crippen LogP contribution is 2.36. The summed E-state index contributed by atoms with van der Waals surface area (Å²) in [5, 5.41) is -0.324. The van der Waals surface area contributed by atoms with E-state index in [1.54, 1.807) is 0 Å². The Kier molecular flexibility index (Phi) is 6.44. The molecular weight excluding hydrogens is 478 g/mol. The Morgan fingerprint density at radius 3 is 2.48 bits per heavy atom. The van der Waals surface area contributed by atoms with Crippen LogP contribution in [0.5, 0.6) is 17.4 Å². The van der Waals surface area contributed by atoms with Crippen molar-refractivity contribution in [2.45, 2.75) is 13.1 Å². The largest absolute Gasteiger partial charge is 0.450 e. The molecule has 0 amide bonds. The molecule has 0 atom stereocenters. The number of hydrogen-bond donors (Lipinski definition) is 0. The minimum Gasteiger partial charge on any atom is -0.450 e. The summed E-state index contributed by atoms with van der Waals surface area (Å²) in [6.45, 7) is 1.06. The summed E-state index contributed by atoms with van der Waals surface area (Å²) in [7, 11) is 0.778. The van der Waals surface area contributed by atoms with E-state index in [0.29, 0.717) is 6.07 Å². The zero-order valence-electron chi connectivity index (χ0n) is 16.6. The van der Waals surface area contributed by atoms with Crippen molar-refractivity contribution in [1.29, 1.82) is 0 Å². The number of nitrogens with zero attached hydrogens (tertiary/aromatic N) is 3. The predicted molar refractivity (Wildman–Crippen MR) is 104 cm³/mol. The first kappa shape index (κ1) is 23.8. The first-order valence-electron chi connectivity index (χ1n) is 8.77. The van der Waals surface area contributed by atoms with Crippen molar-refractivity contribution in [2.75, 3.05) is 0 Å². The molecule has 14 heteroatoms. The molecule has 0 aliphatic carbocycles. The number of pyridine rings is 1. The van der Waals surface area contributed by atoms with Crippen LogP contribution in [0.25, 0.3) is 5.69 Å². The fourth-order valence-electron chi connectivity index (χ4n) is 2.62. The second-order valence-corrected chi connectivity index (χ2v) is 6.75. The molecule has 0 bridgehead atoms. The number of hydrogen-bond acceptors (Lipinski definition) is 7. The SMILES string of the molecule is CC(=O)OOc1ncccc1Oc1cc(-n2c(=O)cc(C(F)(F)F)n(C)c2=O)c(F)cc1Cl. The van der Waals surface area contributed by atoms with E-state index >= 15 is 0 Å². The van der Waals surface area contributed by atoms with Crippen LogP contribution in [-0.2, 0) is 22.9 Å². The molecule has 0 spiro atoms. The van der Waals surface area contributed by atoms with Crippen molar-refractivity contribution in [3.05, 3.63) is 73.9 Å². The quantitative estimate of drug-likeness (QED) is 0.307. The summed E-state index contributed by atoms with van der Waals surface area (Å²) >= 11 is 5.98. The molecule has 0 N–H and O–H groups in total. The Balaban J connectivity index is 2.12. The number of alkyl halides is 3.